The molecule has 0 aliphatic rings. The summed E-state index contributed by atoms with van der Waals surface area (Å²) >= 11 is 0. The van der Waals surface area contributed by atoms with Crippen LogP contribution in [-0.2, 0) is 22.7 Å². The highest BCUT2D eigenvalue weighted by Crippen LogP contribution is 2.13. The summed E-state index contributed by atoms with van der Waals surface area (Å²) in [7, 11) is -3.17. The Kier molecular flexibility index (Phi) is 7.71. The normalized spacial score (nSPS) is 12.0. The Balaban J connectivity index is 1.49. The zero-order valence-corrected chi connectivity index (χ0v) is 18.4. The van der Waals surface area contributed by atoms with Crippen LogP contribution in [-0.4, -0.2) is 55.4 Å². The van der Waals surface area contributed by atoms with E-state index in [1.54, 1.807) is 18.3 Å². The van der Waals surface area contributed by atoms with Gasteiger partial charge in [0.25, 0.3) is 5.89 Å². The van der Waals surface area contributed by atoms with Gasteiger partial charge < -0.3 is 15.2 Å². The van der Waals surface area contributed by atoms with Crippen molar-refractivity contribution < 1.29 is 12.9 Å². The van der Waals surface area contributed by atoms with Crippen molar-refractivity contribution in [2.24, 2.45) is 4.99 Å². The Morgan fingerprint density at radius 1 is 1.10 bits per heavy atom. The van der Waals surface area contributed by atoms with E-state index in [4.69, 9.17) is 4.52 Å². The van der Waals surface area contributed by atoms with Gasteiger partial charge in [0.15, 0.2) is 21.6 Å². The van der Waals surface area contributed by atoms with Crippen molar-refractivity contribution in [2.45, 2.75) is 24.7 Å². The van der Waals surface area contributed by atoms with Crippen LogP contribution in [0.5, 0.6) is 0 Å². The molecular formula is C21H26N6O3S. The van der Waals surface area contributed by atoms with Crippen molar-refractivity contribution >= 4 is 15.8 Å². The molecular weight excluding hydrogens is 416 g/mol. The summed E-state index contributed by atoms with van der Waals surface area (Å²) in [6, 6.07) is 12.4. The molecule has 0 amide bonds. The number of aliphatic imine (C=N–C) groups is 1. The Labute approximate surface area is 181 Å². The van der Waals surface area contributed by atoms with Gasteiger partial charge >= 0.3 is 0 Å². The minimum Gasteiger partial charge on any atom is -0.357 e. The van der Waals surface area contributed by atoms with Crippen molar-refractivity contribution in [1.29, 1.82) is 0 Å². The van der Waals surface area contributed by atoms with Gasteiger partial charge in [-0.25, -0.2) is 8.42 Å². The van der Waals surface area contributed by atoms with Crippen LogP contribution in [0.4, 0.5) is 0 Å². The third kappa shape index (κ3) is 6.88. The smallest absolute Gasteiger partial charge is 0.276 e. The maximum atomic E-state index is 11.5. The highest BCUT2D eigenvalue weighted by atomic mass is 32.2. The molecule has 0 aliphatic carbocycles. The predicted molar refractivity (Wildman–Crippen MR) is 118 cm³/mol. The van der Waals surface area contributed by atoms with Crippen LogP contribution in [0.1, 0.15) is 18.3 Å². The van der Waals surface area contributed by atoms with E-state index in [2.05, 4.69) is 30.8 Å². The highest BCUT2D eigenvalue weighted by Gasteiger charge is 2.09. The van der Waals surface area contributed by atoms with Crippen LogP contribution in [0.15, 0.2) is 63.1 Å². The average molecular weight is 443 g/mol. The predicted octanol–water partition coefficient (Wildman–Crippen LogP) is 1.88. The molecule has 2 aromatic heterocycles. The number of sulfone groups is 1. The molecule has 3 aromatic rings. The molecule has 164 valence electrons. The van der Waals surface area contributed by atoms with E-state index >= 15 is 0 Å². The van der Waals surface area contributed by atoms with Crippen LogP contribution in [0, 0.1) is 0 Å². The fourth-order valence-corrected chi connectivity index (χ4v) is 3.42. The topological polar surface area (TPSA) is 122 Å². The molecule has 31 heavy (non-hydrogen) atoms. The second-order valence-electron chi connectivity index (χ2n) is 6.83. The first-order chi connectivity index (χ1) is 15.0. The Morgan fingerprint density at radius 3 is 2.58 bits per heavy atom. The number of nitrogens with zero attached hydrogens (tertiary/aromatic N) is 4. The maximum absolute atomic E-state index is 11.5. The molecule has 0 saturated heterocycles. The number of benzene rings is 1. The van der Waals surface area contributed by atoms with Gasteiger partial charge in [0.05, 0.1) is 4.90 Å². The summed E-state index contributed by atoms with van der Waals surface area (Å²) in [4.78, 5) is 13.4. The lowest BCUT2D eigenvalue weighted by atomic mass is 10.1. The van der Waals surface area contributed by atoms with Gasteiger partial charge in [-0.05, 0) is 43.2 Å². The number of pyridine rings is 1. The van der Waals surface area contributed by atoms with E-state index < -0.39 is 9.84 Å². The molecule has 9 nitrogen and oxygen atoms in total. The van der Waals surface area contributed by atoms with E-state index in [1.807, 2.05) is 37.3 Å². The number of rotatable bonds is 9. The zero-order chi connectivity index (χ0) is 22.1. The van der Waals surface area contributed by atoms with Crippen molar-refractivity contribution in [1.82, 2.24) is 25.8 Å². The minimum absolute atomic E-state index is 0.326. The largest absolute Gasteiger partial charge is 0.357 e. The van der Waals surface area contributed by atoms with Gasteiger partial charge in [-0.3, -0.25) is 9.98 Å². The highest BCUT2D eigenvalue weighted by molar-refractivity contribution is 7.90. The minimum atomic E-state index is -3.17. The molecule has 0 unspecified atom stereocenters. The SMILES string of the molecule is CCNC(=NCCc1noc(-c2ccccn2)n1)NCCc1ccc(S(C)(=O)=O)cc1. The van der Waals surface area contributed by atoms with Crippen molar-refractivity contribution in [3.63, 3.8) is 0 Å². The quantitative estimate of drug-likeness (QED) is 0.380. The number of aromatic nitrogens is 3. The van der Waals surface area contributed by atoms with Crippen molar-refractivity contribution in [3.05, 3.63) is 60.0 Å². The summed E-state index contributed by atoms with van der Waals surface area (Å²) in [5, 5.41) is 10.5. The fourth-order valence-electron chi connectivity index (χ4n) is 2.79. The Morgan fingerprint density at radius 2 is 1.90 bits per heavy atom. The molecule has 0 fully saturated rings. The van der Waals surface area contributed by atoms with Crippen LogP contribution >= 0.6 is 0 Å². The van der Waals surface area contributed by atoms with E-state index in [0.29, 0.717) is 47.8 Å². The van der Waals surface area contributed by atoms with E-state index in [-0.39, 0.29) is 0 Å². The summed E-state index contributed by atoms with van der Waals surface area (Å²) in [5.41, 5.74) is 1.69. The maximum Gasteiger partial charge on any atom is 0.276 e. The van der Waals surface area contributed by atoms with Gasteiger partial charge in [-0.2, -0.15) is 4.98 Å². The molecule has 3 rings (SSSR count). The number of nitrogens with one attached hydrogen (secondary N) is 2. The van der Waals surface area contributed by atoms with Crippen LogP contribution < -0.4 is 10.6 Å². The van der Waals surface area contributed by atoms with Gasteiger partial charge in [-0.15, -0.1) is 0 Å². The second kappa shape index (κ2) is 10.7. The first-order valence-corrected chi connectivity index (χ1v) is 11.9. The molecule has 0 saturated carbocycles. The van der Waals surface area contributed by atoms with E-state index in [9.17, 15) is 8.42 Å². The van der Waals surface area contributed by atoms with E-state index in [1.165, 1.54) is 6.26 Å². The van der Waals surface area contributed by atoms with Gasteiger partial charge in [0, 0.05) is 38.5 Å². The van der Waals surface area contributed by atoms with Gasteiger partial charge in [0.1, 0.15) is 5.69 Å². The first kappa shape index (κ1) is 22.4. The van der Waals surface area contributed by atoms with E-state index in [0.717, 1.165) is 18.5 Å². The monoisotopic (exact) mass is 442 g/mol. The molecule has 2 N–H and O–H groups in total. The standard InChI is InChI=1S/C21H26N6O3S/c1-3-22-21(24-14-11-16-7-9-17(10-8-16)31(2,28)29)25-15-12-19-26-20(30-27-19)18-6-4-5-13-23-18/h4-10,13H,3,11-12,14-15H2,1-2H3,(H2,22,24,25). The summed E-state index contributed by atoms with van der Waals surface area (Å²) in [6.07, 6.45) is 4.17. The van der Waals surface area contributed by atoms with Crippen molar-refractivity contribution in [3.8, 4) is 11.6 Å². The lowest BCUT2D eigenvalue weighted by Crippen LogP contribution is -2.38. The van der Waals surface area contributed by atoms with Crippen LogP contribution in [0.25, 0.3) is 11.6 Å². The number of hydrogen-bond acceptors (Lipinski definition) is 7. The molecule has 1 aromatic carbocycles. The summed E-state index contributed by atoms with van der Waals surface area (Å²) < 4.78 is 28.3. The third-order valence-corrected chi connectivity index (χ3v) is 5.49. The summed E-state index contributed by atoms with van der Waals surface area (Å²) in [5.74, 6) is 1.67. The first-order valence-electron chi connectivity index (χ1n) is 10.0. The molecule has 0 radical (unpaired) electrons. The van der Waals surface area contributed by atoms with Gasteiger partial charge in [0.2, 0.25) is 0 Å². The fraction of sp³-hybridized carbons (Fsp3) is 0.333. The molecule has 0 aliphatic heterocycles. The second-order valence-corrected chi connectivity index (χ2v) is 8.85. The number of hydrogen-bond donors (Lipinski definition) is 2. The Bertz CT molecular complexity index is 1100. The molecule has 2 heterocycles. The molecule has 0 atom stereocenters. The lowest BCUT2D eigenvalue weighted by Gasteiger charge is -2.11. The lowest BCUT2D eigenvalue weighted by molar-refractivity contribution is 0.421. The Hall–Kier alpha value is -3.27. The molecule has 0 spiro atoms. The van der Waals surface area contributed by atoms with Crippen molar-refractivity contribution in [2.75, 3.05) is 25.9 Å². The molecule has 10 heteroatoms. The average Bonchev–Trinajstić information content (AvgIpc) is 3.23. The molecule has 0 bridgehead atoms. The number of guanidine groups is 1. The third-order valence-electron chi connectivity index (χ3n) is 4.36. The van der Waals surface area contributed by atoms with Gasteiger partial charge in [-0.1, -0.05) is 23.4 Å². The van der Waals surface area contributed by atoms with Crippen LogP contribution in [0.3, 0.4) is 0 Å². The zero-order valence-electron chi connectivity index (χ0n) is 17.6. The summed E-state index contributed by atoms with van der Waals surface area (Å²) in [6.45, 7) is 3.90. The van der Waals surface area contributed by atoms with Crippen LogP contribution in [0.2, 0.25) is 0 Å².